The third kappa shape index (κ3) is 9.07. The molecular formula is C17H26N2O4. The summed E-state index contributed by atoms with van der Waals surface area (Å²) in [7, 11) is 0. The van der Waals surface area contributed by atoms with Crippen molar-refractivity contribution in [2.75, 3.05) is 26.4 Å². The first kappa shape index (κ1) is 19.3. The average Bonchev–Trinajstić information content (AvgIpc) is 2.56. The predicted molar refractivity (Wildman–Crippen MR) is 87.9 cm³/mol. The van der Waals surface area contributed by atoms with E-state index in [2.05, 4.69) is 5.32 Å². The molecule has 1 rings (SSSR count). The van der Waals surface area contributed by atoms with Crippen molar-refractivity contribution in [3.63, 3.8) is 0 Å². The average molecular weight is 322 g/mol. The minimum Gasteiger partial charge on any atom is -0.394 e. The maximum absolute atomic E-state index is 11.9. The summed E-state index contributed by atoms with van der Waals surface area (Å²) in [6.45, 7) is 0.873. The lowest BCUT2D eigenvalue weighted by Crippen LogP contribution is -2.43. The largest absolute Gasteiger partial charge is 0.394 e. The molecular weight excluding hydrogens is 296 g/mol. The van der Waals surface area contributed by atoms with Gasteiger partial charge in [0, 0.05) is 13.0 Å². The Morgan fingerprint density at radius 3 is 2.61 bits per heavy atom. The van der Waals surface area contributed by atoms with Crippen LogP contribution >= 0.6 is 0 Å². The summed E-state index contributed by atoms with van der Waals surface area (Å²) in [5.41, 5.74) is 6.83. The second kappa shape index (κ2) is 11.8. The highest BCUT2D eigenvalue weighted by Gasteiger charge is 2.14. The quantitative estimate of drug-likeness (QED) is 0.484. The van der Waals surface area contributed by atoms with Gasteiger partial charge in [-0.25, -0.2) is 0 Å². The number of ketones is 1. The van der Waals surface area contributed by atoms with E-state index in [-0.39, 0.29) is 24.8 Å². The number of nitrogens with two attached hydrogens (primary N) is 1. The Kier molecular flexibility index (Phi) is 9.86. The van der Waals surface area contributed by atoms with Gasteiger partial charge in [0.25, 0.3) is 0 Å². The smallest absolute Gasteiger partial charge is 0.237 e. The Morgan fingerprint density at radius 1 is 1.17 bits per heavy atom. The third-order valence-corrected chi connectivity index (χ3v) is 3.32. The lowest BCUT2D eigenvalue weighted by atomic mass is 10.1. The molecule has 128 valence electrons. The van der Waals surface area contributed by atoms with E-state index in [1.165, 1.54) is 0 Å². The first-order valence-corrected chi connectivity index (χ1v) is 7.91. The molecule has 0 bridgehead atoms. The van der Waals surface area contributed by atoms with E-state index < -0.39 is 6.04 Å². The van der Waals surface area contributed by atoms with Crippen LogP contribution in [0.25, 0.3) is 0 Å². The van der Waals surface area contributed by atoms with E-state index in [0.717, 1.165) is 12.0 Å². The first-order valence-electron chi connectivity index (χ1n) is 7.91. The van der Waals surface area contributed by atoms with Gasteiger partial charge in [0.15, 0.2) is 5.78 Å². The summed E-state index contributed by atoms with van der Waals surface area (Å²) in [5, 5.41) is 11.1. The zero-order valence-electron chi connectivity index (χ0n) is 13.4. The van der Waals surface area contributed by atoms with Crippen LogP contribution in [0.1, 0.15) is 24.8 Å². The summed E-state index contributed by atoms with van der Waals surface area (Å²) in [5.74, 6) is -0.332. The number of carbonyl (C=O) groups excluding carboxylic acids is 2. The molecule has 0 aliphatic carbocycles. The molecule has 1 atom stereocenters. The highest BCUT2D eigenvalue weighted by molar-refractivity contribution is 5.88. The Morgan fingerprint density at radius 2 is 1.91 bits per heavy atom. The van der Waals surface area contributed by atoms with Crippen LogP contribution in [0, 0.1) is 0 Å². The number of nitrogens with one attached hydrogen (secondary N) is 1. The molecule has 23 heavy (non-hydrogen) atoms. The molecule has 4 N–H and O–H groups in total. The number of aliphatic hydroxyl groups excluding tert-OH is 1. The molecule has 0 saturated carbocycles. The highest BCUT2D eigenvalue weighted by Crippen LogP contribution is 2.02. The molecule has 6 nitrogen and oxygen atoms in total. The van der Waals surface area contributed by atoms with Gasteiger partial charge in [-0.15, -0.1) is 0 Å². The van der Waals surface area contributed by atoms with Crippen molar-refractivity contribution in [2.24, 2.45) is 5.73 Å². The number of hydrogen-bond donors (Lipinski definition) is 3. The zero-order chi connectivity index (χ0) is 16.9. The van der Waals surface area contributed by atoms with Gasteiger partial charge in [-0.3, -0.25) is 9.59 Å². The molecule has 0 aliphatic heterocycles. The van der Waals surface area contributed by atoms with E-state index in [9.17, 15) is 9.59 Å². The number of carbonyl (C=O) groups is 2. The van der Waals surface area contributed by atoms with Crippen LogP contribution in [-0.2, 0) is 20.7 Å². The second-order valence-electron chi connectivity index (χ2n) is 5.35. The number of rotatable bonds is 12. The van der Waals surface area contributed by atoms with E-state index in [1.54, 1.807) is 0 Å². The summed E-state index contributed by atoms with van der Waals surface area (Å²) < 4.78 is 5.10. The molecule has 1 aromatic rings. The predicted octanol–water partition coefficient (Wildman–Crippen LogP) is 0.421. The SMILES string of the molecule is NC(Cc1ccccc1)C(=O)NCC(=O)CCCCOCCO. The van der Waals surface area contributed by atoms with Crippen molar-refractivity contribution in [1.82, 2.24) is 5.32 Å². The number of amides is 1. The van der Waals surface area contributed by atoms with Crippen LogP contribution in [0.4, 0.5) is 0 Å². The van der Waals surface area contributed by atoms with Crippen LogP contribution < -0.4 is 11.1 Å². The number of aliphatic hydroxyl groups is 1. The standard InChI is InChI=1S/C17H26N2O4/c18-16(12-14-6-2-1-3-7-14)17(22)19-13-15(21)8-4-5-10-23-11-9-20/h1-3,6-7,16,20H,4-5,8-13,18H2,(H,19,22). The molecule has 0 fully saturated rings. The van der Waals surface area contributed by atoms with Crippen LogP contribution in [0.5, 0.6) is 0 Å². The Balaban J connectivity index is 2.13. The number of hydrogen-bond acceptors (Lipinski definition) is 5. The molecule has 0 aliphatic rings. The molecule has 0 radical (unpaired) electrons. The Labute approximate surface area is 137 Å². The molecule has 0 heterocycles. The van der Waals surface area contributed by atoms with Crippen LogP contribution in [-0.4, -0.2) is 49.2 Å². The molecule has 6 heteroatoms. The third-order valence-electron chi connectivity index (χ3n) is 3.32. The fraction of sp³-hybridized carbons (Fsp3) is 0.529. The zero-order valence-corrected chi connectivity index (χ0v) is 13.4. The fourth-order valence-electron chi connectivity index (χ4n) is 2.06. The maximum Gasteiger partial charge on any atom is 0.237 e. The minimum absolute atomic E-state index is 0.00813. The summed E-state index contributed by atoms with van der Waals surface area (Å²) in [4.78, 5) is 23.5. The van der Waals surface area contributed by atoms with Crippen molar-refractivity contribution in [3.05, 3.63) is 35.9 Å². The summed E-state index contributed by atoms with van der Waals surface area (Å²) in [6.07, 6.45) is 2.31. The number of ether oxygens (including phenoxy) is 1. The molecule has 0 saturated heterocycles. The van der Waals surface area contributed by atoms with Gasteiger partial charge in [0.1, 0.15) is 0 Å². The van der Waals surface area contributed by atoms with Gasteiger partial charge < -0.3 is 20.9 Å². The summed E-state index contributed by atoms with van der Waals surface area (Å²) in [6, 6.07) is 8.87. The van der Waals surface area contributed by atoms with E-state index in [0.29, 0.717) is 32.5 Å². The van der Waals surface area contributed by atoms with Crippen LogP contribution in [0.15, 0.2) is 30.3 Å². The van der Waals surface area contributed by atoms with E-state index >= 15 is 0 Å². The van der Waals surface area contributed by atoms with Gasteiger partial charge in [-0.1, -0.05) is 30.3 Å². The Hall–Kier alpha value is -1.76. The molecule has 0 spiro atoms. The minimum atomic E-state index is -0.655. The lowest BCUT2D eigenvalue weighted by Gasteiger charge is -2.12. The van der Waals surface area contributed by atoms with Crippen LogP contribution in [0.3, 0.4) is 0 Å². The second-order valence-corrected chi connectivity index (χ2v) is 5.35. The topological polar surface area (TPSA) is 102 Å². The van der Waals surface area contributed by atoms with Crippen molar-refractivity contribution in [3.8, 4) is 0 Å². The molecule has 0 aromatic heterocycles. The number of benzene rings is 1. The van der Waals surface area contributed by atoms with E-state index in [4.69, 9.17) is 15.6 Å². The Bertz CT molecular complexity index is 465. The maximum atomic E-state index is 11.9. The first-order chi connectivity index (χ1) is 11.1. The molecule has 1 unspecified atom stereocenters. The molecule has 1 aromatic carbocycles. The highest BCUT2D eigenvalue weighted by atomic mass is 16.5. The lowest BCUT2D eigenvalue weighted by molar-refractivity contribution is -0.126. The normalized spacial score (nSPS) is 11.9. The van der Waals surface area contributed by atoms with Gasteiger partial charge in [0.2, 0.25) is 5.91 Å². The van der Waals surface area contributed by atoms with Crippen molar-refractivity contribution in [1.29, 1.82) is 0 Å². The van der Waals surface area contributed by atoms with Crippen molar-refractivity contribution < 1.29 is 19.4 Å². The fourth-order valence-corrected chi connectivity index (χ4v) is 2.06. The van der Waals surface area contributed by atoms with Gasteiger partial charge in [-0.2, -0.15) is 0 Å². The monoisotopic (exact) mass is 322 g/mol. The van der Waals surface area contributed by atoms with Gasteiger partial charge in [-0.05, 0) is 24.8 Å². The van der Waals surface area contributed by atoms with E-state index in [1.807, 2.05) is 30.3 Å². The summed E-state index contributed by atoms with van der Waals surface area (Å²) >= 11 is 0. The van der Waals surface area contributed by atoms with Gasteiger partial charge >= 0.3 is 0 Å². The van der Waals surface area contributed by atoms with Gasteiger partial charge in [0.05, 0.1) is 25.8 Å². The number of Topliss-reactive ketones (excluding diaryl/α,β-unsaturated/α-hetero) is 1. The van der Waals surface area contributed by atoms with Crippen molar-refractivity contribution in [2.45, 2.75) is 31.7 Å². The van der Waals surface area contributed by atoms with Crippen LogP contribution in [0.2, 0.25) is 0 Å². The molecule has 1 amide bonds. The number of unbranched alkanes of at least 4 members (excludes halogenated alkanes) is 1. The van der Waals surface area contributed by atoms with Crippen molar-refractivity contribution >= 4 is 11.7 Å².